The van der Waals surface area contributed by atoms with E-state index in [4.69, 9.17) is 0 Å². The minimum absolute atomic E-state index is 0.246. The second-order valence-corrected chi connectivity index (χ2v) is 4.74. The molecular weight excluding hydrogens is 253 g/mol. The number of rotatable bonds is 5. The van der Waals surface area contributed by atoms with Gasteiger partial charge in [0.2, 0.25) is 0 Å². The SMILES string of the molecule is CCNC(C)c1ccnc(N(C)c2ccccc2F)c1. The average molecular weight is 273 g/mol. The molecule has 0 aliphatic carbocycles. The Morgan fingerprint density at radius 1 is 1.30 bits per heavy atom. The first-order chi connectivity index (χ1) is 9.63. The Balaban J connectivity index is 2.29. The summed E-state index contributed by atoms with van der Waals surface area (Å²) in [6.45, 7) is 5.08. The Bertz CT molecular complexity index is 571. The molecule has 4 heteroatoms. The summed E-state index contributed by atoms with van der Waals surface area (Å²) in [4.78, 5) is 6.09. The van der Waals surface area contributed by atoms with Crippen molar-refractivity contribution in [3.63, 3.8) is 0 Å². The number of hydrogen-bond acceptors (Lipinski definition) is 3. The van der Waals surface area contributed by atoms with Crippen molar-refractivity contribution < 1.29 is 4.39 Å². The lowest BCUT2D eigenvalue weighted by Gasteiger charge is -2.21. The van der Waals surface area contributed by atoms with Gasteiger partial charge >= 0.3 is 0 Å². The van der Waals surface area contributed by atoms with Gasteiger partial charge in [0.1, 0.15) is 11.6 Å². The summed E-state index contributed by atoms with van der Waals surface area (Å²) in [6.07, 6.45) is 1.76. The zero-order chi connectivity index (χ0) is 14.5. The van der Waals surface area contributed by atoms with Gasteiger partial charge in [-0.1, -0.05) is 19.1 Å². The van der Waals surface area contributed by atoms with Crippen LogP contribution in [0.25, 0.3) is 0 Å². The average Bonchev–Trinajstić information content (AvgIpc) is 2.47. The van der Waals surface area contributed by atoms with E-state index >= 15 is 0 Å². The van der Waals surface area contributed by atoms with Gasteiger partial charge < -0.3 is 10.2 Å². The standard InChI is InChI=1S/C16H20FN3/c1-4-18-12(2)13-9-10-19-16(11-13)20(3)15-8-6-5-7-14(15)17/h5-12,18H,4H2,1-3H3. The number of hydrogen-bond donors (Lipinski definition) is 1. The van der Waals surface area contributed by atoms with Crippen LogP contribution in [-0.4, -0.2) is 18.6 Å². The van der Waals surface area contributed by atoms with Crippen molar-refractivity contribution in [1.82, 2.24) is 10.3 Å². The Morgan fingerprint density at radius 2 is 2.05 bits per heavy atom. The number of nitrogens with one attached hydrogen (secondary N) is 1. The highest BCUT2D eigenvalue weighted by Gasteiger charge is 2.12. The molecular formula is C16H20FN3. The third-order valence-corrected chi connectivity index (χ3v) is 3.34. The fourth-order valence-corrected chi connectivity index (χ4v) is 2.16. The fourth-order valence-electron chi connectivity index (χ4n) is 2.16. The van der Waals surface area contributed by atoms with Crippen molar-refractivity contribution in [2.24, 2.45) is 0 Å². The lowest BCUT2D eigenvalue weighted by Crippen LogP contribution is -2.19. The molecule has 0 aliphatic heterocycles. The van der Waals surface area contributed by atoms with E-state index in [0.717, 1.165) is 17.9 Å². The lowest BCUT2D eigenvalue weighted by atomic mass is 10.1. The molecule has 0 amide bonds. The van der Waals surface area contributed by atoms with Crippen molar-refractivity contribution in [3.8, 4) is 0 Å². The van der Waals surface area contributed by atoms with Crippen LogP contribution < -0.4 is 10.2 Å². The first-order valence-electron chi connectivity index (χ1n) is 6.81. The third kappa shape index (κ3) is 3.14. The number of halogens is 1. The van der Waals surface area contributed by atoms with Gasteiger partial charge in [-0.05, 0) is 43.3 Å². The van der Waals surface area contributed by atoms with Crippen LogP contribution in [0.3, 0.4) is 0 Å². The maximum atomic E-state index is 13.8. The molecule has 0 bridgehead atoms. The minimum atomic E-state index is -0.248. The van der Waals surface area contributed by atoms with Crippen LogP contribution in [0.4, 0.5) is 15.9 Å². The number of pyridine rings is 1. The largest absolute Gasteiger partial charge is 0.327 e. The Labute approximate surface area is 119 Å². The normalized spacial score (nSPS) is 12.2. The molecule has 1 unspecified atom stereocenters. The molecule has 0 spiro atoms. The van der Waals surface area contributed by atoms with Crippen LogP contribution >= 0.6 is 0 Å². The highest BCUT2D eigenvalue weighted by Crippen LogP contribution is 2.26. The van der Waals surface area contributed by atoms with Gasteiger partial charge in [0, 0.05) is 19.3 Å². The molecule has 0 saturated carbocycles. The minimum Gasteiger partial charge on any atom is -0.327 e. The summed E-state index contributed by atoms with van der Waals surface area (Å²) in [5.74, 6) is 0.485. The van der Waals surface area contributed by atoms with Crippen molar-refractivity contribution in [2.75, 3.05) is 18.5 Å². The molecule has 0 radical (unpaired) electrons. The van der Waals surface area contributed by atoms with E-state index in [9.17, 15) is 4.39 Å². The van der Waals surface area contributed by atoms with Crippen molar-refractivity contribution >= 4 is 11.5 Å². The molecule has 0 aliphatic rings. The van der Waals surface area contributed by atoms with Gasteiger partial charge in [0.05, 0.1) is 5.69 Å². The molecule has 106 valence electrons. The number of aromatic nitrogens is 1. The fraction of sp³-hybridized carbons (Fsp3) is 0.312. The quantitative estimate of drug-likeness (QED) is 0.901. The molecule has 20 heavy (non-hydrogen) atoms. The number of nitrogens with zero attached hydrogens (tertiary/aromatic N) is 2. The predicted octanol–water partition coefficient (Wildman–Crippen LogP) is 3.66. The van der Waals surface area contributed by atoms with E-state index in [1.807, 2.05) is 25.2 Å². The molecule has 1 aromatic carbocycles. The second kappa shape index (κ2) is 6.48. The van der Waals surface area contributed by atoms with Gasteiger partial charge in [0.15, 0.2) is 0 Å². The van der Waals surface area contributed by atoms with E-state index < -0.39 is 0 Å². The van der Waals surface area contributed by atoms with Gasteiger partial charge in [0.25, 0.3) is 0 Å². The van der Waals surface area contributed by atoms with Crippen LogP contribution in [0.15, 0.2) is 42.6 Å². The molecule has 2 rings (SSSR count). The third-order valence-electron chi connectivity index (χ3n) is 3.34. The van der Waals surface area contributed by atoms with Crippen LogP contribution in [-0.2, 0) is 0 Å². The summed E-state index contributed by atoms with van der Waals surface area (Å²) in [6, 6.07) is 10.9. The maximum Gasteiger partial charge on any atom is 0.146 e. The summed E-state index contributed by atoms with van der Waals surface area (Å²) < 4.78 is 13.8. The van der Waals surface area contributed by atoms with Crippen LogP contribution in [0.5, 0.6) is 0 Å². The number of anilines is 2. The molecule has 2 aromatic rings. The van der Waals surface area contributed by atoms with Gasteiger partial charge in [-0.3, -0.25) is 0 Å². The van der Waals surface area contributed by atoms with Crippen LogP contribution in [0.2, 0.25) is 0 Å². The smallest absolute Gasteiger partial charge is 0.146 e. The highest BCUT2D eigenvalue weighted by atomic mass is 19.1. The molecule has 3 nitrogen and oxygen atoms in total. The summed E-state index contributed by atoms with van der Waals surface area (Å²) >= 11 is 0. The van der Waals surface area contributed by atoms with Crippen molar-refractivity contribution in [1.29, 1.82) is 0 Å². The summed E-state index contributed by atoms with van der Waals surface area (Å²) in [7, 11) is 1.82. The van der Waals surface area contributed by atoms with Gasteiger partial charge in [-0.25, -0.2) is 9.37 Å². The predicted molar refractivity (Wildman–Crippen MR) is 80.8 cm³/mol. The van der Waals surface area contributed by atoms with E-state index in [-0.39, 0.29) is 11.9 Å². The first-order valence-corrected chi connectivity index (χ1v) is 6.81. The zero-order valence-corrected chi connectivity index (χ0v) is 12.1. The van der Waals surface area contributed by atoms with Gasteiger partial charge in [-0.15, -0.1) is 0 Å². The van der Waals surface area contributed by atoms with Crippen molar-refractivity contribution in [2.45, 2.75) is 19.9 Å². The molecule has 0 saturated heterocycles. The molecule has 1 atom stereocenters. The van der Waals surface area contributed by atoms with E-state index in [1.165, 1.54) is 6.07 Å². The van der Waals surface area contributed by atoms with Gasteiger partial charge in [-0.2, -0.15) is 0 Å². The second-order valence-electron chi connectivity index (χ2n) is 4.74. The monoisotopic (exact) mass is 273 g/mol. The number of benzene rings is 1. The molecule has 1 N–H and O–H groups in total. The highest BCUT2D eigenvalue weighted by molar-refractivity contribution is 5.60. The van der Waals surface area contributed by atoms with Crippen LogP contribution in [0.1, 0.15) is 25.5 Å². The molecule has 0 fully saturated rings. The molecule has 1 aromatic heterocycles. The van der Waals surface area contributed by atoms with Crippen LogP contribution in [0, 0.1) is 5.82 Å². The first kappa shape index (κ1) is 14.5. The Hall–Kier alpha value is -1.94. The number of para-hydroxylation sites is 1. The Morgan fingerprint density at radius 3 is 2.75 bits per heavy atom. The summed E-state index contributed by atoms with van der Waals surface area (Å²) in [5, 5.41) is 3.36. The van der Waals surface area contributed by atoms with E-state index in [1.54, 1.807) is 23.2 Å². The maximum absolute atomic E-state index is 13.8. The van der Waals surface area contributed by atoms with Crippen molar-refractivity contribution in [3.05, 3.63) is 54.0 Å². The lowest BCUT2D eigenvalue weighted by molar-refractivity contribution is 0.597. The zero-order valence-electron chi connectivity index (χ0n) is 12.1. The van der Waals surface area contributed by atoms with E-state index in [2.05, 4.69) is 24.1 Å². The molecule has 1 heterocycles. The van der Waals surface area contributed by atoms with E-state index in [0.29, 0.717) is 5.69 Å². The Kier molecular flexibility index (Phi) is 4.69. The topological polar surface area (TPSA) is 28.2 Å². The summed E-state index contributed by atoms with van der Waals surface area (Å²) in [5.41, 5.74) is 1.66.